The van der Waals surface area contributed by atoms with Crippen LogP contribution in [0.25, 0.3) is 0 Å². The summed E-state index contributed by atoms with van der Waals surface area (Å²) in [5.74, 6) is 0. The molecule has 0 aliphatic heterocycles. The number of rotatable bonds is 16. The lowest BCUT2D eigenvalue weighted by Crippen LogP contribution is -2.65. The molecule has 0 heterocycles. The normalized spacial score (nSPS) is 13.8. The molecule has 0 radical (unpaired) electrons. The summed E-state index contributed by atoms with van der Waals surface area (Å²) in [6, 6.07) is 0. The van der Waals surface area contributed by atoms with Gasteiger partial charge in [-0.25, -0.2) is 0 Å². The molecule has 0 spiro atoms. The van der Waals surface area contributed by atoms with Crippen molar-refractivity contribution in [1.82, 2.24) is 0 Å². The first-order valence-corrected chi connectivity index (χ1v) is 13.9. The quantitative estimate of drug-likeness (QED) is 0.252. The largest absolute Gasteiger partial charge is 0.698 e. The van der Waals surface area contributed by atoms with Crippen LogP contribution in [0.4, 0.5) is 0 Å². The van der Waals surface area contributed by atoms with Crippen molar-refractivity contribution in [3.8, 4) is 0 Å². The van der Waals surface area contributed by atoms with Crippen molar-refractivity contribution in [1.29, 1.82) is 0 Å². The maximum absolute atomic E-state index is 13.1. The van der Waals surface area contributed by atoms with Gasteiger partial charge >= 0.3 is 25.9 Å². The van der Waals surface area contributed by atoms with Gasteiger partial charge in [-0.3, -0.25) is 0 Å². The average Bonchev–Trinajstić information content (AvgIpc) is 2.74. The standard InChI is InChI=1S/C16H38O9PSi2/c1-11-15(12-2,27(18-5,19-6)20-7)24-26(17)25-16(13-3,14-4)28(21-8,22-9)23-10/h11-14H2,1-10H3/q+1. The van der Waals surface area contributed by atoms with Gasteiger partial charge in [-0.15, -0.1) is 9.05 Å². The van der Waals surface area contributed by atoms with Crippen LogP contribution in [0.5, 0.6) is 0 Å². The van der Waals surface area contributed by atoms with E-state index in [1.807, 2.05) is 27.7 Å². The van der Waals surface area contributed by atoms with Crippen LogP contribution in [0.15, 0.2) is 0 Å². The number of hydrogen-bond acceptors (Lipinski definition) is 9. The smallest absolute Gasteiger partial charge is 0.375 e. The minimum atomic E-state index is -3.29. The Kier molecular flexibility index (Phi) is 12.3. The van der Waals surface area contributed by atoms with Crippen LogP contribution in [-0.4, -0.2) is 70.7 Å². The maximum Gasteiger partial charge on any atom is 0.698 e. The highest BCUT2D eigenvalue weighted by Gasteiger charge is 2.68. The van der Waals surface area contributed by atoms with Gasteiger partial charge in [0.1, 0.15) is 0 Å². The third-order valence-electron chi connectivity index (χ3n) is 5.51. The van der Waals surface area contributed by atoms with E-state index in [4.69, 9.17) is 35.6 Å². The topological polar surface area (TPSA) is 90.9 Å². The van der Waals surface area contributed by atoms with Crippen LogP contribution in [-0.2, 0) is 40.2 Å². The summed E-state index contributed by atoms with van der Waals surface area (Å²) in [6.45, 7) is 7.60. The molecule has 0 saturated carbocycles. The monoisotopic (exact) mass is 461 g/mol. The van der Waals surface area contributed by atoms with Crippen molar-refractivity contribution in [3.05, 3.63) is 0 Å². The molecule has 12 heteroatoms. The van der Waals surface area contributed by atoms with Crippen LogP contribution in [0, 0.1) is 0 Å². The van der Waals surface area contributed by atoms with E-state index in [0.717, 1.165) is 0 Å². The summed E-state index contributed by atoms with van der Waals surface area (Å²) in [5, 5.41) is -2.08. The van der Waals surface area contributed by atoms with Gasteiger partial charge < -0.3 is 26.6 Å². The summed E-state index contributed by atoms with van der Waals surface area (Å²) in [4.78, 5) is 0. The molecule has 168 valence electrons. The van der Waals surface area contributed by atoms with Gasteiger partial charge in [0.2, 0.25) is 0 Å². The molecule has 0 aliphatic carbocycles. The first-order valence-electron chi connectivity index (χ1n) is 9.37. The predicted molar refractivity (Wildman–Crippen MR) is 110 cm³/mol. The average molecular weight is 462 g/mol. The lowest BCUT2D eigenvalue weighted by atomic mass is 10.2. The van der Waals surface area contributed by atoms with Gasteiger partial charge in [-0.2, -0.15) is 0 Å². The molecule has 0 unspecified atom stereocenters. The zero-order valence-corrected chi connectivity index (χ0v) is 21.8. The molecule has 0 bridgehead atoms. The van der Waals surface area contributed by atoms with E-state index in [0.29, 0.717) is 25.7 Å². The van der Waals surface area contributed by atoms with Crippen LogP contribution in [0.1, 0.15) is 53.4 Å². The molecule has 0 fully saturated rings. The molecule has 9 nitrogen and oxygen atoms in total. The molecular formula is C16H38O9PSi2+. The second kappa shape index (κ2) is 12.2. The molecule has 0 aliphatic rings. The van der Waals surface area contributed by atoms with Crippen molar-refractivity contribution in [2.45, 2.75) is 63.8 Å². The SMILES string of the molecule is CCC(CC)(O[P+](=O)OC(CC)(CC)[Si](OC)(OC)OC)[Si](OC)(OC)OC. The lowest BCUT2D eigenvalue weighted by Gasteiger charge is -2.39. The Labute approximate surface area is 173 Å². The highest BCUT2D eigenvalue weighted by atomic mass is 31.1. The Balaban J connectivity index is 6.00. The van der Waals surface area contributed by atoms with Gasteiger partial charge in [-0.05, 0) is 25.7 Å². The van der Waals surface area contributed by atoms with Crippen molar-refractivity contribution < 1.29 is 40.2 Å². The van der Waals surface area contributed by atoms with Gasteiger partial charge in [0.15, 0.2) is 10.4 Å². The maximum atomic E-state index is 13.1. The Bertz CT molecular complexity index is 409. The molecule has 0 aromatic rings. The second-order valence-corrected chi connectivity index (χ2v) is 13.5. The molecule has 0 N–H and O–H groups in total. The van der Waals surface area contributed by atoms with E-state index in [1.165, 1.54) is 42.7 Å². The summed E-state index contributed by atoms with van der Waals surface area (Å²) in [5.41, 5.74) is 0. The van der Waals surface area contributed by atoms with Crippen LogP contribution < -0.4 is 0 Å². The van der Waals surface area contributed by atoms with Gasteiger partial charge in [-0.1, -0.05) is 27.7 Å². The summed E-state index contributed by atoms with van der Waals surface area (Å²) < 4.78 is 58.8. The van der Waals surface area contributed by atoms with E-state index in [-0.39, 0.29) is 0 Å². The summed E-state index contributed by atoms with van der Waals surface area (Å²) in [6.07, 6.45) is 1.84. The van der Waals surface area contributed by atoms with Crippen LogP contribution >= 0.6 is 8.25 Å². The summed E-state index contributed by atoms with van der Waals surface area (Å²) in [7, 11) is -0.207. The third-order valence-corrected chi connectivity index (χ3v) is 13.9. The molecule has 0 aromatic carbocycles. The Morgan fingerprint density at radius 2 is 0.786 bits per heavy atom. The molecule has 0 aromatic heterocycles. The van der Waals surface area contributed by atoms with Crippen LogP contribution in [0.3, 0.4) is 0 Å². The highest BCUT2D eigenvalue weighted by Crippen LogP contribution is 2.47. The van der Waals surface area contributed by atoms with E-state index < -0.39 is 36.3 Å². The fraction of sp³-hybridized carbons (Fsp3) is 1.00. The van der Waals surface area contributed by atoms with Gasteiger partial charge in [0.05, 0.1) is 0 Å². The molecule has 0 rings (SSSR count). The molecular weight excluding hydrogens is 423 g/mol. The first-order chi connectivity index (χ1) is 13.2. The fourth-order valence-electron chi connectivity index (χ4n) is 3.66. The predicted octanol–water partition coefficient (Wildman–Crippen LogP) is 3.63. The van der Waals surface area contributed by atoms with Gasteiger partial charge in [0.25, 0.3) is 0 Å². The molecule has 0 saturated heterocycles. The highest BCUT2D eigenvalue weighted by molar-refractivity contribution is 7.33. The zero-order chi connectivity index (χ0) is 22.1. The minimum absolute atomic E-state index is 0.461. The summed E-state index contributed by atoms with van der Waals surface area (Å²) >= 11 is 0. The van der Waals surface area contributed by atoms with Crippen LogP contribution in [0.2, 0.25) is 0 Å². The minimum Gasteiger partial charge on any atom is -0.375 e. The molecule has 28 heavy (non-hydrogen) atoms. The van der Waals surface area contributed by atoms with Crippen molar-refractivity contribution in [3.63, 3.8) is 0 Å². The van der Waals surface area contributed by atoms with Crippen molar-refractivity contribution in [2.75, 3.05) is 42.7 Å². The zero-order valence-electron chi connectivity index (χ0n) is 18.9. The van der Waals surface area contributed by atoms with Crippen molar-refractivity contribution in [2.24, 2.45) is 0 Å². The Hall–Kier alpha value is 0.214. The Morgan fingerprint density at radius 3 is 0.929 bits per heavy atom. The first kappa shape index (κ1) is 28.2. The fourth-order valence-corrected chi connectivity index (χ4v) is 11.1. The van der Waals surface area contributed by atoms with E-state index in [9.17, 15) is 4.57 Å². The van der Waals surface area contributed by atoms with E-state index in [2.05, 4.69) is 0 Å². The molecule has 0 amide bonds. The van der Waals surface area contributed by atoms with Gasteiger partial charge in [0, 0.05) is 47.2 Å². The van der Waals surface area contributed by atoms with E-state index in [1.54, 1.807) is 0 Å². The third kappa shape index (κ3) is 4.92. The second-order valence-electron chi connectivity index (χ2n) is 6.15. The van der Waals surface area contributed by atoms with E-state index >= 15 is 0 Å². The van der Waals surface area contributed by atoms with Crippen molar-refractivity contribution >= 4 is 25.9 Å². The lowest BCUT2D eigenvalue weighted by molar-refractivity contribution is -0.0259. The Morgan fingerprint density at radius 1 is 0.571 bits per heavy atom. The molecule has 0 atom stereocenters. The number of hydrogen-bond donors (Lipinski definition) is 0.